The van der Waals surface area contributed by atoms with Crippen molar-refractivity contribution < 1.29 is 4.74 Å². The third kappa shape index (κ3) is 4.11. The van der Waals surface area contributed by atoms with Gasteiger partial charge in [-0.2, -0.15) is 0 Å². The molecule has 0 N–H and O–H groups in total. The third-order valence-corrected chi connectivity index (χ3v) is 7.52. The standard InChI is InChI=1S/C28H22N2OSe/c1-31-24-19-17-21(18-20-24)26-28(32-25-15-9-4-10-16-25)27(22-11-5-2-6-12-22)30(29-26)23-13-7-3-8-14-23/h2-20H,1H3. The number of rotatable bonds is 6. The van der Waals surface area contributed by atoms with Gasteiger partial charge in [0.25, 0.3) is 0 Å². The zero-order chi connectivity index (χ0) is 21.8. The van der Waals surface area contributed by atoms with Crippen molar-refractivity contribution in [3.8, 4) is 34.0 Å². The van der Waals surface area contributed by atoms with Gasteiger partial charge in [-0.1, -0.05) is 0 Å². The van der Waals surface area contributed by atoms with E-state index >= 15 is 0 Å². The van der Waals surface area contributed by atoms with Crippen molar-refractivity contribution in [3.63, 3.8) is 0 Å². The van der Waals surface area contributed by atoms with Gasteiger partial charge in [0.05, 0.1) is 0 Å². The molecule has 32 heavy (non-hydrogen) atoms. The number of aromatic nitrogens is 2. The average Bonchev–Trinajstić information content (AvgIpc) is 3.25. The van der Waals surface area contributed by atoms with Gasteiger partial charge in [-0.25, -0.2) is 0 Å². The molecule has 0 aliphatic rings. The molecule has 0 bridgehead atoms. The van der Waals surface area contributed by atoms with Gasteiger partial charge in [-0.3, -0.25) is 0 Å². The Hall–Kier alpha value is -3.59. The van der Waals surface area contributed by atoms with E-state index in [0.29, 0.717) is 0 Å². The van der Waals surface area contributed by atoms with Crippen molar-refractivity contribution >= 4 is 23.9 Å². The minimum absolute atomic E-state index is 0.0781. The SMILES string of the molecule is COc1ccc(-c2nn(-c3ccccc3)c(-c3ccccc3)c2[Se]c2ccccc2)cc1. The van der Waals surface area contributed by atoms with Crippen molar-refractivity contribution in [2.45, 2.75) is 0 Å². The van der Waals surface area contributed by atoms with Crippen LogP contribution in [0.15, 0.2) is 115 Å². The molecule has 4 aromatic carbocycles. The van der Waals surface area contributed by atoms with Crippen LogP contribution in [0, 0.1) is 0 Å². The molecule has 5 aromatic rings. The van der Waals surface area contributed by atoms with Crippen LogP contribution in [0.4, 0.5) is 0 Å². The van der Waals surface area contributed by atoms with Crippen LogP contribution in [0.2, 0.25) is 0 Å². The molecular weight excluding hydrogens is 459 g/mol. The third-order valence-electron chi connectivity index (χ3n) is 5.22. The molecule has 0 aliphatic carbocycles. The predicted molar refractivity (Wildman–Crippen MR) is 132 cm³/mol. The Labute approximate surface area is 194 Å². The van der Waals surface area contributed by atoms with Crippen LogP contribution in [-0.2, 0) is 0 Å². The van der Waals surface area contributed by atoms with Crippen LogP contribution in [0.25, 0.3) is 28.2 Å². The number of ether oxygens (including phenoxy) is 1. The zero-order valence-electron chi connectivity index (χ0n) is 17.7. The molecule has 0 radical (unpaired) electrons. The summed E-state index contributed by atoms with van der Waals surface area (Å²) in [6.45, 7) is 0. The molecule has 0 atom stereocenters. The molecule has 156 valence electrons. The van der Waals surface area contributed by atoms with Crippen molar-refractivity contribution in [1.29, 1.82) is 0 Å². The Morgan fingerprint density at radius 3 is 1.88 bits per heavy atom. The van der Waals surface area contributed by atoms with Crippen molar-refractivity contribution in [2.24, 2.45) is 0 Å². The predicted octanol–water partition coefficient (Wildman–Crippen LogP) is 4.87. The summed E-state index contributed by atoms with van der Waals surface area (Å²) in [6.07, 6.45) is 0. The number of hydrogen-bond donors (Lipinski definition) is 0. The Morgan fingerprint density at radius 2 is 1.25 bits per heavy atom. The molecule has 0 fully saturated rings. The van der Waals surface area contributed by atoms with Crippen molar-refractivity contribution in [3.05, 3.63) is 115 Å². The fraction of sp³-hybridized carbons (Fsp3) is 0.0357. The molecule has 0 spiro atoms. The van der Waals surface area contributed by atoms with E-state index in [0.717, 1.165) is 34.0 Å². The molecule has 0 saturated heterocycles. The second kappa shape index (κ2) is 9.27. The van der Waals surface area contributed by atoms with Crippen molar-refractivity contribution in [2.75, 3.05) is 7.11 Å². The molecule has 0 saturated carbocycles. The summed E-state index contributed by atoms with van der Waals surface area (Å²) in [6, 6.07) is 39.8. The van der Waals surface area contributed by atoms with E-state index in [1.165, 1.54) is 8.92 Å². The van der Waals surface area contributed by atoms with Gasteiger partial charge in [0.15, 0.2) is 0 Å². The summed E-state index contributed by atoms with van der Waals surface area (Å²) >= 11 is 0.0781. The van der Waals surface area contributed by atoms with E-state index < -0.39 is 0 Å². The summed E-state index contributed by atoms with van der Waals surface area (Å²) in [5, 5.41) is 5.17. The topological polar surface area (TPSA) is 27.1 Å². The van der Waals surface area contributed by atoms with Gasteiger partial charge in [-0.15, -0.1) is 0 Å². The quantitative estimate of drug-likeness (QED) is 0.324. The fourth-order valence-electron chi connectivity index (χ4n) is 3.65. The van der Waals surface area contributed by atoms with Crippen LogP contribution in [-0.4, -0.2) is 31.8 Å². The van der Waals surface area contributed by atoms with Crippen LogP contribution in [0.5, 0.6) is 5.75 Å². The van der Waals surface area contributed by atoms with E-state index in [4.69, 9.17) is 9.84 Å². The van der Waals surface area contributed by atoms with E-state index in [-0.39, 0.29) is 15.0 Å². The number of methoxy groups -OCH3 is 1. The number of nitrogens with zero attached hydrogens (tertiary/aromatic N) is 2. The van der Waals surface area contributed by atoms with E-state index in [9.17, 15) is 0 Å². The second-order valence-corrected chi connectivity index (χ2v) is 9.56. The van der Waals surface area contributed by atoms with Gasteiger partial charge < -0.3 is 0 Å². The molecule has 0 amide bonds. The Balaban J connectivity index is 1.77. The average molecular weight is 481 g/mol. The first-order chi connectivity index (χ1) is 15.8. The van der Waals surface area contributed by atoms with Gasteiger partial charge in [0.1, 0.15) is 0 Å². The number of benzene rings is 4. The number of hydrogen-bond acceptors (Lipinski definition) is 2. The molecule has 1 aromatic heterocycles. The molecule has 3 nitrogen and oxygen atoms in total. The molecule has 5 rings (SSSR count). The summed E-state index contributed by atoms with van der Waals surface area (Å²) < 4.78 is 10.1. The monoisotopic (exact) mass is 482 g/mol. The van der Waals surface area contributed by atoms with Crippen LogP contribution < -0.4 is 13.7 Å². The van der Waals surface area contributed by atoms with Crippen LogP contribution in [0.3, 0.4) is 0 Å². The summed E-state index contributed by atoms with van der Waals surface area (Å²) in [5.41, 5.74) is 5.46. The van der Waals surface area contributed by atoms with E-state index in [1.54, 1.807) is 7.11 Å². The van der Waals surface area contributed by atoms with E-state index in [1.807, 2.05) is 18.2 Å². The zero-order valence-corrected chi connectivity index (χ0v) is 19.4. The Kier molecular flexibility index (Phi) is 5.89. The first-order valence-electron chi connectivity index (χ1n) is 10.4. The summed E-state index contributed by atoms with van der Waals surface area (Å²) in [4.78, 5) is 0. The second-order valence-electron chi connectivity index (χ2n) is 7.28. The molecule has 0 aliphatic heterocycles. The fourth-order valence-corrected chi connectivity index (χ4v) is 5.93. The van der Waals surface area contributed by atoms with Crippen LogP contribution in [0.1, 0.15) is 0 Å². The van der Waals surface area contributed by atoms with Crippen LogP contribution >= 0.6 is 0 Å². The van der Waals surface area contributed by atoms with Gasteiger partial charge in [0.2, 0.25) is 0 Å². The Morgan fingerprint density at radius 1 is 0.656 bits per heavy atom. The molecule has 0 unspecified atom stereocenters. The molecular formula is C28H22N2OSe. The minimum atomic E-state index is 0.0781. The number of para-hydroxylation sites is 1. The van der Waals surface area contributed by atoms with E-state index in [2.05, 4.69) is 102 Å². The summed E-state index contributed by atoms with van der Waals surface area (Å²) in [5.74, 6) is 0.842. The maximum atomic E-state index is 5.38. The van der Waals surface area contributed by atoms with Gasteiger partial charge in [-0.05, 0) is 0 Å². The molecule has 1 heterocycles. The Bertz CT molecular complexity index is 1300. The normalized spacial score (nSPS) is 10.8. The maximum absolute atomic E-state index is 5.38. The van der Waals surface area contributed by atoms with Crippen molar-refractivity contribution in [1.82, 2.24) is 9.78 Å². The van der Waals surface area contributed by atoms with Gasteiger partial charge in [0, 0.05) is 0 Å². The van der Waals surface area contributed by atoms with Gasteiger partial charge >= 0.3 is 195 Å². The first kappa shape index (κ1) is 20.3. The molecule has 4 heteroatoms. The summed E-state index contributed by atoms with van der Waals surface area (Å²) in [7, 11) is 1.69. The first-order valence-corrected chi connectivity index (χ1v) is 12.2.